The minimum atomic E-state index is -4.52. The first-order valence-electron chi connectivity index (χ1n) is 10.8. The number of nitrogens with zero attached hydrogens (tertiary/aromatic N) is 4. The first-order valence-corrected chi connectivity index (χ1v) is 11.2. The Balaban J connectivity index is 1.41. The van der Waals surface area contributed by atoms with E-state index in [9.17, 15) is 22.4 Å². The Kier molecular flexibility index (Phi) is 5.75. The molecule has 5 rings (SSSR count). The van der Waals surface area contributed by atoms with Crippen molar-refractivity contribution in [1.82, 2.24) is 19.9 Å². The van der Waals surface area contributed by atoms with Crippen molar-refractivity contribution in [3.63, 3.8) is 0 Å². The number of halogens is 5. The highest BCUT2D eigenvalue weighted by molar-refractivity contribution is 6.31. The molecule has 0 aliphatic carbocycles. The van der Waals surface area contributed by atoms with Crippen LogP contribution in [0.2, 0.25) is 5.02 Å². The van der Waals surface area contributed by atoms with E-state index in [2.05, 4.69) is 15.0 Å². The molecule has 3 unspecified atom stereocenters. The first kappa shape index (κ1) is 22.7. The fourth-order valence-electron chi connectivity index (χ4n) is 5.16. The standard InChI is InChI=1S/C24H19ClF4N4O/c25-17-11-14(24(27,28)29)12-32-19(17)10-13-9-15-5-6-20(13)33(15)23(34)21-16(3-1-4-18(21)26)22-30-7-2-8-31-22/h1-4,7-8,11-13,15,20H,5-6,9-10H2. The lowest BCUT2D eigenvalue weighted by atomic mass is 9.86. The molecule has 2 aliphatic heterocycles. The smallest absolute Gasteiger partial charge is 0.332 e. The second-order valence-electron chi connectivity index (χ2n) is 8.60. The van der Waals surface area contributed by atoms with E-state index in [1.165, 1.54) is 24.5 Å². The molecule has 176 valence electrons. The van der Waals surface area contributed by atoms with Crippen LogP contribution < -0.4 is 0 Å². The average Bonchev–Trinajstić information content (AvgIpc) is 3.37. The maximum atomic E-state index is 14.9. The molecule has 10 heteroatoms. The number of pyridine rings is 1. The summed E-state index contributed by atoms with van der Waals surface area (Å²) in [6.07, 6.45) is 1.82. The monoisotopic (exact) mass is 490 g/mol. The van der Waals surface area contributed by atoms with Crippen LogP contribution in [0.25, 0.3) is 11.4 Å². The van der Waals surface area contributed by atoms with Gasteiger partial charge >= 0.3 is 6.18 Å². The number of carbonyl (C=O) groups is 1. The first-order chi connectivity index (χ1) is 16.2. The summed E-state index contributed by atoms with van der Waals surface area (Å²) in [6, 6.07) is 6.62. The molecule has 0 spiro atoms. The SMILES string of the molecule is O=C(c1c(F)cccc1-c1ncccn1)N1C2CCC1C(Cc1ncc(C(F)(F)F)cc1Cl)C2. The van der Waals surface area contributed by atoms with E-state index in [1.807, 2.05) is 0 Å². The van der Waals surface area contributed by atoms with Gasteiger partial charge in [-0.05, 0) is 49.8 Å². The van der Waals surface area contributed by atoms with Crippen LogP contribution >= 0.6 is 11.6 Å². The van der Waals surface area contributed by atoms with Crippen LogP contribution in [0.5, 0.6) is 0 Å². The summed E-state index contributed by atoms with van der Waals surface area (Å²) in [7, 11) is 0. The summed E-state index contributed by atoms with van der Waals surface area (Å²) < 4.78 is 53.7. The molecule has 0 N–H and O–H groups in total. The van der Waals surface area contributed by atoms with E-state index >= 15 is 0 Å². The van der Waals surface area contributed by atoms with Gasteiger partial charge in [-0.3, -0.25) is 9.78 Å². The second-order valence-corrected chi connectivity index (χ2v) is 9.00. The largest absolute Gasteiger partial charge is 0.417 e. The van der Waals surface area contributed by atoms with Crippen LogP contribution in [0.4, 0.5) is 17.6 Å². The van der Waals surface area contributed by atoms with Crippen molar-refractivity contribution in [3.05, 3.63) is 76.6 Å². The Morgan fingerprint density at radius 3 is 2.59 bits per heavy atom. The number of rotatable bonds is 4. The molecular formula is C24H19ClF4N4O. The van der Waals surface area contributed by atoms with Gasteiger partial charge in [0.1, 0.15) is 5.82 Å². The number of hydrogen-bond acceptors (Lipinski definition) is 4. The fourth-order valence-corrected chi connectivity index (χ4v) is 5.41. The second kappa shape index (κ2) is 8.61. The van der Waals surface area contributed by atoms with Crippen molar-refractivity contribution in [2.24, 2.45) is 5.92 Å². The minimum Gasteiger partial charge on any atom is -0.332 e. The van der Waals surface area contributed by atoms with Gasteiger partial charge < -0.3 is 4.90 Å². The predicted octanol–water partition coefficient (Wildman–Crippen LogP) is 5.59. The van der Waals surface area contributed by atoms with Gasteiger partial charge in [0.05, 0.1) is 21.8 Å². The third-order valence-electron chi connectivity index (χ3n) is 6.63. The van der Waals surface area contributed by atoms with Gasteiger partial charge in [0.25, 0.3) is 5.91 Å². The molecule has 4 heterocycles. The molecule has 2 saturated heterocycles. The molecule has 1 aromatic carbocycles. The Morgan fingerprint density at radius 2 is 1.88 bits per heavy atom. The maximum absolute atomic E-state index is 14.9. The summed E-state index contributed by atoms with van der Waals surface area (Å²) in [5.74, 6) is -0.853. The maximum Gasteiger partial charge on any atom is 0.417 e. The van der Waals surface area contributed by atoms with Crippen LogP contribution in [-0.4, -0.2) is 37.8 Å². The molecule has 34 heavy (non-hydrogen) atoms. The third kappa shape index (κ3) is 4.02. The van der Waals surface area contributed by atoms with Crippen molar-refractivity contribution in [2.75, 3.05) is 0 Å². The van der Waals surface area contributed by atoms with E-state index in [1.54, 1.807) is 17.0 Å². The van der Waals surface area contributed by atoms with Crippen LogP contribution in [0.1, 0.15) is 40.9 Å². The summed E-state index contributed by atoms with van der Waals surface area (Å²) in [4.78, 5) is 27.6. The topological polar surface area (TPSA) is 59.0 Å². The van der Waals surface area contributed by atoms with Gasteiger partial charge in [-0.1, -0.05) is 23.7 Å². The van der Waals surface area contributed by atoms with Crippen molar-refractivity contribution in [2.45, 2.75) is 43.9 Å². The number of aromatic nitrogens is 3. The van der Waals surface area contributed by atoms with E-state index in [0.29, 0.717) is 24.1 Å². The van der Waals surface area contributed by atoms with Gasteiger partial charge in [0.2, 0.25) is 0 Å². The predicted molar refractivity (Wildman–Crippen MR) is 116 cm³/mol. The highest BCUT2D eigenvalue weighted by Crippen LogP contribution is 2.45. The molecule has 5 nitrogen and oxygen atoms in total. The number of fused-ring (bicyclic) bond motifs is 2. The quantitative estimate of drug-likeness (QED) is 0.448. The van der Waals surface area contributed by atoms with Crippen LogP contribution in [0.3, 0.4) is 0 Å². The summed E-state index contributed by atoms with van der Waals surface area (Å²) in [6.45, 7) is 0. The Labute approximate surface area is 197 Å². The molecule has 2 fully saturated rings. The van der Waals surface area contributed by atoms with Crippen molar-refractivity contribution in [1.29, 1.82) is 0 Å². The Hall–Kier alpha value is -3.07. The minimum absolute atomic E-state index is 0.0346. The lowest BCUT2D eigenvalue weighted by Crippen LogP contribution is -2.37. The molecule has 3 aromatic rings. The van der Waals surface area contributed by atoms with Crippen LogP contribution in [0, 0.1) is 11.7 Å². The molecule has 1 amide bonds. The van der Waals surface area contributed by atoms with Crippen LogP contribution in [0.15, 0.2) is 48.9 Å². The summed E-state index contributed by atoms with van der Waals surface area (Å²) >= 11 is 6.11. The van der Waals surface area contributed by atoms with E-state index < -0.39 is 23.5 Å². The molecule has 0 saturated carbocycles. The number of alkyl halides is 3. The number of benzene rings is 1. The van der Waals surface area contributed by atoms with Gasteiger partial charge in [-0.15, -0.1) is 0 Å². The summed E-state index contributed by atoms with van der Waals surface area (Å²) in [5.41, 5.74) is -0.289. The van der Waals surface area contributed by atoms with Crippen molar-refractivity contribution >= 4 is 17.5 Å². The normalized spacial score (nSPS) is 21.8. The molecule has 2 bridgehead atoms. The zero-order valence-corrected chi connectivity index (χ0v) is 18.5. The average molecular weight is 491 g/mol. The van der Waals surface area contributed by atoms with E-state index in [0.717, 1.165) is 25.1 Å². The Morgan fingerprint density at radius 1 is 1.12 bits per heavy atom. The Bertz CT molecular complexity index is 1240. The fraction of sp³-hybridized carbons (Fsp3) is 0.333. The van der Waals surface area contributed by atoms with Gasteiger partial charge in [-0.2, -0.15) is 13.2 Å². The number of carbonyl (C=O) groups excluding carboxylic acids is 1. The molecule has 0 radical (unpaired) electrons. The van der Waals surface area contributed by atoms with Gasteiger partial charge in [0, 0.05) is 36.2 Å². The van der Waals surface area contributed by atoms with E-state index in [-0.39, 0.29) is 34.4 Å². The lowest BCUT2D eigenvalue weighted by molar-refractivity contribution is -0.137. The zero-order valence-electron chi connectivity index (χ0n) is 17.8. The zero-order chi connectivity index (χ0) is 24.0. The molecular weight excluding hydrogens is 472 g/mol. The van der Waals surface area contributed by atoms with Gasteiger partial charge in [0.15, 0.2) is 5.82 Å². The van der Waals surface area contributed by atoms with E-state index in [4.69, 9.17) is 11.6 Å². The van der Waals surface area contributed by atoms with Crippen molar-refractivity contribution in [3.8, 4) is 11.4 Å². The molecule has 3 atom stereocenters. The number of amides is 1. The highest BCUT2D eigenvalue weighted by Gasteiger charge is 2.49. The lowest BCUT2D eigenvalue weighted by Gasteiger charge is -2.25. The highest BCUT2D eigenvalue weighted by atomic mass is 35.5. The van der Waals surface area contributed by atoms with Crippen molar-refractivity contribution < 1.29 is 22.4 Å². The van der Waals surface area contributed by atoms with Crippen LogP contribution in [-0.2, 0) is 12.6 Å². The number of hydrogen-bond donors (Lipinski definition) is 0. The third-order valence-corrected chi connectivity index (χ3v) is 6.96. The molecule has 2 aromatic heterocycles. The summed E-state index contributed by atoms with van der Waals surface area (Å²) in [5, 5.41) is -0.0481. The molecule has 2 aliphatic rings. The van der Waals surface area contributed by atoms with Gasteiger partial charge in [-0.25, -0.2) is 14.4 Å².